The molecule has 0 radical (unpaired) electrons. The largest absolute Gasteiger partial charge is 0.303 e. The molecule has 2 fully saturated rings. The number of benzene rings is 1. The van der Waals surface area contributed by atoms with Crippen molar-refractivity contribution < 1.29 is 0 Å². The molecule has 18 heavy (non-hydrogen) atoms. The number of rotatable bonds is 2. The van der Waals surface area contributed by atoms with Gasteiger partial charge < -0.3 is 4.90 Å². The molecule has 3 rings (SSSR count). The van der Waals surface area contributed by atoms with E-state index in [9.17, 15) is 0 Å². The monoisotopic (exact) mass is 241 g/mol. The van der Waals surface area contributed by atoms with Gasteiger partial charge in [-0.15, -0.1) is 0 Å². The Morgan fingerprint density at radius 3 is 2.67 bits per heavy atom. The Kier molecular flexibility index (Phi) is 3.07. The predicted molar refractivity (Wildman–Crippen MR) is 71.0 cm³/mol. The van der Waals surface area contributed by atoms with Gasteiger partial charge in [-0.3, -0.25) is 4.90 Å². The second-order valence-corrected chi connectivity index (χ2v) is 5.59. The summed E-state index contributed by atoms with van der Waals surface area (Å²) >= 11 is 0. The number of hydrogen-bond acceptors (Lipinski definition) is 3. The lowest BCUT2D eigenvalue weighted by molar-refractivity contribution is 0.0760. The summed E-state index contributed by atoms with van der Waals surface area (Å²) in [6.07, 6.45) is 2.65. The van der Waals surface area contributed by atoms with Crippen LogP contribution in [0.5, 0.6) is 0 Å². The molecule has 0 saturated carbocycles. The lowest BCUT2D eigenvalue weighted by Gasteiger charge is -2.39. The number of hydrogen-bond donors (Lipinski definition) is 0. The van der Waals surface area contributed by atoms with Crippen LogP contribution in [0.4, 0.5) is 0 Å². The summed E-state index contributed by atoms with van der Waals surface area (Å²) in [5, 5.41) is 8.95. The van der Waals surface area contributed by atoms with Gasteiger partial charge in [0.05, 0.1) is 11.6 Å². The summed E-state index contributed by atoms with van der Waals surface area (Å²) in [5.41, 5.74) is 2.05. The highest BCUT2D eigenvalue weighted by Crippen LogP contribution is 2.30. The summed E-state index contributed by atoms with van der Waals surface area (Å²) in [6.45, 7) is 3.38. The van der Waals surface area contributed by atoms with Crippen molar-refractivity contribution >= 4 is 0 Å². The third-order valence-electron chi connectivity index (χ3n) is 4.24. The Morgan fingerprint density at radius 2 is 2.00 bits per heavy atom. The van der Waals surface area contributed by atoms with Crippen molar-refractivity contribution in [3.63, 3.8) is 0 Å². The molecule has 3 heteroatoms. The van der Waals surface area contributed by atoms with Gasteiger partial charge in [0.1, 0.15) is 0 Å². The van der Waals surface area contributed by atoms with E-state index in [1.54, 1.807) is 0 Å². The average molecular weight is 241 g/mol. The van der Waals surface area contributed by atoms with Gasteiger partial charge in [0.15, 0.2) is 0 Å². The van der Waals surface area contributed by atoms with Gasteiger partial charge in [0, 0.05) is 31.7 Å². The molecule has 3 nitrogen and oxygen atoms in total. The van der Waals surface area contributed by atoms with E-state index in [2.05, 4.69) is 29.0 Å². The SMILES string of the molecule is CN1CC2CCC(C1)N2Cc1cccc(C#N)c1. The molecule has 1 aromatic rings. The Bertz CT molecular complexity index is 463. The molecule has 0 aliphatic carbocycles. The zero-order valence-corrected chi connectivity index (χ0v) is 10.8. The lowest BCUT2D eigenvalue weighted by Crippen LogP contribution is -2.51. The maximum absolute atomic E-state index is 8.95. The molecule has 0 N–H and O–H groups in total. The maximum atomic E-state index is 8.95. The molecule has 2 bridgehead atoms. The van der Waals surface area contributed by atoms with Crippen LogP contribution in [0.25, 0.3) is 0 Å². The van der Waals surface area contributed by atoms with Crippen LogP contribution in [0.2, 0.25) is 0 Å². The van der Waals surface area contributed by atoms with Crippen molar-refractivity contribution in [1.82, 2.24) is 9.80 Å². The van der Waals surface area contributed by atoms with Crippen LogP contribution in [0, 0.1) is 11.3 Å². The van der Waals surface area contributed by atoms with Gasteiger partial charge in [-0.05, 0) is 37.6 Å². The first-order chi connectivity index (χ1) is 8.76. The highest BCUT2D eigenvalue weighted by molar-refractivity contribution is 5.32. The second kappa shape index (κ2) is 4.72. The van der Waals surface area contributed by atoms with Crippen molar-refractivity contribution in [2.24, 2.45) is 0 Å². The number of likely N-dealkylation sites (N-methyl/N-ethyl adjacent to an activating group) is 1. The summed E-state index contributed by atoms with van der Waals surface area (Å²) in [7, 11) is 2.22. The van der Waals surface area contributed by atoms with Crippen molar-refractivity contribution in [3.8, 4) is 6.07 Å². The molecule has 2 saturated heterocycles. The molecule has 1 aromatic carbocycles. The Labute approximate surface area is 109 Å². The van der Waals surface area contributed by atoms with Crippen LogP contribution in [-0.4, -0.2) is 42.0 Å². The standard InChI is InChI=1S/C15H19N3/c1-17-10-14-5-6-15(11-17)18(14)9-13-4-2-3-12(7-13)8-16/h2-4,7,14-15H,5-6,9-11H2,1H3. The van der Waals surface area contributed by atoms with Gasteiger partial charge in [-0.1, -0.05) is 12.1 Å². The van der Waals surface area contributed by atoms with Gasteiger partial charge in [-0.25, -0.2) is 0 Å². The number of likely N-dealkylation sites (tertiary alicyclic amines) is 1. The molecular weight excluding hydrogens is 222 g/mol. The van der Waals surface area contributed by atoms with E-state index < -0.39 is 0 Å². The summed E-state index contributed by atoms with van der Waals surface area (Å²) < 4.78 is 0. The lowest BCUT2D eigenvalue weighted by atomic mass is 10.1. The van der Waals surface area contributed by atoms with Crippen LogP contribution in [0.1, 0.15) is 24.0 Å². The fourth-order valence-corrected chi connectivity index (χ4v) is 3.41. The minimum absolute atomic E-state index is 0.708. The Balaban J connectivity index is 1.75. The minimum atomic E-state index is 0.708. The molecule has 0 aromatic heterocycles. The summed E-state index contributed by atoms with van der Waals surface area (Å²) in [5.74, 6) is 0. The first-order valence-corrected chi connectivity index (χ1v) is 6.69. The Morgan fingerprint density at radius 1 is 1.28 bits per heavy atom. The van der Waals surface area contributed by atoms with Gasteiger partial charge in [0.25, 0.3) is 0 Å². The zero-order chi connectivity index (χ0) is 12.5. The second-order valence-electron chi connectivity index (χ2n) is 5.59. The number of nitriles is 1. The van der Waals surface area contributed by atoms with E-state index in [0.717, 1.165) is 12.1 Å². The van der Waals surface area contributed by atoms with Gasteiger partial charge >= 0.3 is 0 Å². The first kappa shape index (κ1) is 11.7. The minimum Gasteiger partial charge on any atom is -0.303 e. The van der Waals surface area contributed by atoms with Crippen molar-refractivity contribution in [2.45, 2.75) is 31.5 Å². The molecule has 0 spiro atoms. The van der Waals surface area contributed by atoms with Crippen molar-refractivity contribution in [3.05, 3.63) is 35.4 Å². The summed E-state index contributed by atoms with van der Waals surface area (Å²) in [6, 6.07) is 11.7. The first-order valence-electron chi connectivity index (χ1n) is 6.69. The van der Waals surface area contributed by atoms with Crippen LogP contribution in [0.3, 0.4) is 0 Å². The molecule has 2 heterocycles. The zero-order valence-electron chi connectivity index (χ0n) is 10.8. The quantitative estimate of drug-likeness (QED) is 0.791. The topological polar surface area (TPSA) is 30.3 Å². The van der Waals surface area contributed by atoms with Crippen molar-refractivity contribution in [1.29, 1.82) is 5.26 Å². The van der Waals surface area contributed by atoms with E-state index in [0.29, 0.717) is 12.1 Å². The average Bonchev–Trinajstić information content (AvgIpc) is 2.62. The fraction of sp³-hybridized carbons (Fsp3) is 0.533. The van der Waals surface area contributed by atoms with E-state index in [4.69, 9.17) is 5.26 Å². The van der Waals surface area contributed by atoms with E-state index in [-0.39, 0.29) is 0 Å². The Hall–Kier alpha value is -1.37. The molecule has 0 amide bonds. The van der Waals surface area contributed by atoms with Crippen LogP contribution in [-0.2, 0) is 6.54 Å². The van der Waals surface area contributed by atoms with E-state index in [1.807, 2.05) is 18.2 Å². The molecule has 2 atom stereocenters. The highest BCUT2D eigenvalue weighted by Gasteiger charge is 2.38. The van der Waals surface area contributed by atoms with E-state index >= 15 is 0 Å². The van der Waals surface area contributed by atoms with Gasteiger partial charge in [-0.2, -0.15) is 5.26 Å². The predicted octanol–water partition coefficient (Wildman–Crippen LogP) is 1.84. The third-order valence-corrected chi connectivity index (χ3v) is 4.24. The number of piperazine rings is 1. The smallest absolute Gasteiger partial charge is 0.0991 e. The molecule has 2 aliphatic heterocycles. The fourth-order valence-electron chi connectivity index (χ4n) is 3.41. The van der Waals surface area contributed by atoms with Crippen LogP contribution < -0.4 is 0 Å². The highest BCUT2D eigenvalue weighted by atomic mass is 15.3. The molecule has 94 valence electrons. The molecule has 2 unspecified atom stereocenters. The number of fused-ring (bicyclic) bond motifs is 2. The van der Waals surface area contributed by atoms with Crippen LogP contribution in [0.15, 0.2) is 24.3 Å². The van der Waals surface area contributed by atoms with Crippen molar-refractivity contribution in [2.75, 3.05) is 20.1 Å². The van der Waals surface area contributed by atoms with E-state index in [1.165, 1.54) is 31.5 Å². The number of nitrogens with zero attached hydrogens (tertiary/aromatic N) is 3. The summed E-state index contributed by atoms with van der Waals surface area (Å²) in [4.78, 5) is 5.08. The molecule has 2 aliphatic rings. The van der Waals surface area contributed by atoms with Crippen LogP contribution >= 0.6 is 0 Å². The van der Waals surface area contributed by atoms with Gasteiger partial charge in [0.2, 0.25) is 0 Å². The third kappa shape index (κ3) is 2.14. The maximum Gasteiger partial charge on any atom is 0.0991 e. The molecular formula is C15H19N3. The normalized spacial score (nSPS) is 28.2.